The largest absolute Gasteiger partial charge is 0.369 e. The second kappa shape index (κ2) is 6.85. The lowest BCUT2D eigenvalue weighted by molar-refractivity contribution is 0.104. The van der Waals surface area contributed by atoms with Gasteiger partial charge in [-0.05, 0) is 18.2 Å². The molecule has 0 amide bonds. The van der Waals surface area contributed by atoms with Crippen molar-refractivity contribution in [1.82, 2.24) is 4.57 Å². The summed E-state index contributed by atoms with van der Waals surface area (Å²) in [5.41, 5.74) is 1.95. The molecule has 0 radical (unpaired) electrons. The van der Waals surface area contributed by atoms with Gasteiger partial charge in [-0.1, -0.05) is 59.9 Å². The normalized spacial score (nSPS) is 10.9. The van der Waals surface area contributed by atoms with Crippen LogP contribution in [-0.2, 0) is 0 Å². The Kier molecular flexibility index (Phi) is 4.38. The van der Waals surface area contributed by atoms with Crippen molar-refractivity contribution in [2.75, 3.05) is 19.0 Å². The Balaban J connectivity index is 2.04. The Morgan fingerprint density at radius 3 is 2.15 bits per heavy atom. The summed E-state index contributed by atoms with van der Waals surface area (Å²) in [7, 11) is 3.83. The molecule has 4 nitrogen and oxygen atoms in total. The van der Waals surface area contributed by atoms with Gasteiger partial charge in [-0.25, -0.2) is 0 Å². The van der Waals surface area contributed by atoms with Crippen LogP contribution < -0.4 is 10.5 Å². The Morgan fingerprint density at radius 2 is 1.52 bits per heavy atom. The summed E-state index contributed by atoms with van der Waals surface area (Å²) in [4.78, 5) is 28.6. The van der Waals surface area contributed by atoms with Gasteiger partial charge < -0.3 is 4.90 Å². The molecule has 2 aromatic heterocycles. The SMILES string of the molecule is CN(C)c1sc2c(ccc(=O)n2-c2ccccc2)c1C(=O)c1ccccc1. The van der Waals surface area contributed by atoms with E-state index in [1.165, 1.54) is 17.4 Å². The number of aromatic nitrogens is 1. The van der Waals surface area contributed by atoms with Crippen LogP contribution in [0.3, 0.4) is 0 Å². The molecule has 0 bridgehead atoms. The number of ketones is 1. The number of benzene rings is 2. The molecule has 5 heteroatoms. The van der Waals surface area contributed by atoms with Crippen LogP contribution in [0.5, 0.6) is 0 Å². The predicted octanol–water partition coefficient (Wildman–Crippen LogP) is 4.35. The van der Waals surface area contributed by atoms with Gasteiger partial charge in [0.2, 0.25) is 0 Å². The molecule has 4 rings (SSSR count). The number of fused-ring (bicyclic) bond motifs is 1. The maximum Gasteiger partial charge on any atom is 0.256 e. The molecule has 0 unspecified atom stereocenters. The van der Waals surface area contributed by atoms with Crippen molar-refractivity contribution < 1.29 is 4.79 Å². The van der Waals surface area contributed by atoms with E-state index in [1.807, 2.05) is 79.7 Å². The van der Waals surface area contributed by atoms with Gasteiger partial charge in [-0.3, -0.25) is 14.2 Å². The van der Waals surface area contributed by atoms with Gasteiger partial charge in [0.25, 0.3) is 5.56 Å². The first-order valence-corrected chi connectivity index (χ1v) is 9.40. The minimum Gasteiger partial charge on any atom is -0.369 e. The van der Waals surface area contributed by atoms with Gasteiger partial charge >= 0.3 is 0 Å². The quantitative estimate of drug-likeness (QED) is 0.499. The number of anilines is 1. The third-order valence-electron chi connectivity index (χ3n) is 4.41. The molecule has 134 valence electrons. The van der Waals surface area contributed by atoms with E-state index in [-0.39, 0.29) is 11.3 Å². The Bertz CT molecular complexity index is 1180. The first kappa shape index (κ1) is 17.2. The van der Waals surface area contributed by atoms with Crippen LogP contribution in [0.4, 0.5) is 5.00 Å². The molecule has 27 heavy (non-hydrogen) atoms. The van der Waals surface area contributed by atoms with Crippen LogP contribution in [0.25, 0.3) is 15.9 Å². The van der Waals surface area contributed by atoms with Crippen molar-refractivity contribution in [3.05, 3.63) is 94.3 Å². The summed E-state index contributed by atoms with van der Waals surface area (Å²) in [6.07, 6.45) is 0. The monoisotopic (exact) mass is 374 g/mol. The molecule has 0 saturated carbocycles. The molecule has 0 atom stereocenters. The fourth-order valence-corrected chi connectivity index (χ4v) is 4.40. The zero-order chi connectivity index (χ0) is 19.0. The molecule has 0 spiro atoms. The molecule has 2 heterocycles. The van der Waals surface area contributed by atoms with Gasteiger partial charge in [-0.15, -0.1) is 0 Å². The van der Waals surface area contributed by atoms with Gasteiger partial charge in [0, 0.05) is 31.1 Å². The van der Waals surface area contributed by atoms with E-state index in [0.29, 0.717) is 11.1 Å². The average Bonchev–Trinajstić information content (AvgIpc) is 3.08. The van der Waals surface area contributed by atoms with Crippen molar-refractivity contribution in [1.29, 1.82) is 0 Å². The highest BCUT2D eigenvalue weighted by molar-refractivity contribution is 7.23. The van der Waals surface area contributed by atoms with Gasteiger partial charge in [0.15, 0.2) is 5.78 Å². The second-order valence-electron chi connectivity index (χ2n) is 6.43. The summed E-state index contributed by atoms with van der Waals surface area (Å²) in [6, 6.07) is 22.0. The first-order valence-electron chi connectivity index (χ1n) is 8.59. The van der Waals surface area contributed by atoms with Gasteiger partial charge in [0.05, 0.1) is 11.3 Å². The minimum atomic E-state index is -0.112. The van der Waals surface area contributed by atoms with Crippen molar-refractivity contribution in [3.8, 4) is 5.69 Å². The molecular formula is C22H18N2O2S. The van der Waals surface area contributed by atoms with E-state index in [1.54, 1.807) is 10.6 Å². The number of hydrogen-bond acceptors (Lipinski definition) is 4. The van der Waals surface area contributed by atoms with Crippen molar-refractivity contribution >= 4 is 32.3 Å². The number of nitrogens with zero attached hydrogens (tertiary/aromatic N) is 2. The molecule has 0 aliphatic carbocycles. The van der Waals surface area contributed by atoms with Crippen LogP contribution in [0.1, 0.15) is 15.9 Å². The smallest absolute Gasteiger partial charge is 0.256 e. The zero-order valence-corrected chi connectivity index (χ0v) is 15.9. The summed E-state index contributed by atoms with van der Waals surface area (Å²) < 4.78 is 1.68. The van der Waals surface area contributed by atoms with E-state index < -0.39 is 0 Å². The predicted molar refractivity (Wildman–Crippen MR) is 112 cm³/mol. The molecule has 0 saturated heterocycles. The number of carbonyl (C=O) groups is 1. The van der Waals surface area contributed by atoms with E-state index >= 15 is 0 Å². The average molecular weight is 374 g/mol. The van der Waals surface area contributed by atoms with Crippen LogP contribution in [0.2, 0.25) is 0 Å². The number of para-hydroxylation sites is 1. The minimum absolute atomic E-state index is 0.0381. The molecule has 4 aromatic rings. The lowest BCUT2D eigenvalue weighted by Gasteiger charge is -2.12. The van der Waals surface area contributed by atoms with Crippen molar-refractivity contribution in [3.63, 3.8) is 0 Å². The van der Waals surface area contributed by atoms with Crippen LogP contribution in [0.15, 0.2) is 77.6 Å². The highest BCUT2D eigenvalue weighted by atomic mass is 32.1. The Labute approximate surface area is 160 Å². The number of thiophene rings is 1. The zero-order valence-electron chi connectivity index (χ0n) is 15.0. The van der Waals surface area contributed by atoms with E-state index in [2.05, 4.69) is 0 Å². The summed E-state index contributed by atoms with van der Waals surface area (Å²) in [6.45, 7) is 0. The number of carbonyl (C=O) groups excluding carboxylic acids is 1. The lowest BCUT2D eigenvalue weighted by Crippen LogP contribution is -2.16. The highest BCUT2D eigenvalue weighted by Gasteiger charge is 2.23. The standard InChI is InChI=1S/C22H18N2O2S/c1-23(2)22-19(20(26)15-9-5-3-6-10-15)17-13-14-18(25)24(21(17)27-22)16-11-7-4-8-12-16/h3-14H,1-2H3. The Morgan fingerprint density at radius 1 is 0.889 bits per heavy atom. The number of rotatable bonds is 4. The summed E-state index contributed by atoms with van der Waals surface area (Å²) >= 11 is 1.46. The molecular weight excluding hydrogens is 356 g/mol. The molecule has 0 aliphatic rings. The third kappa shape index (κ3) is 2.96. The van der Waals surface area contributed by atoms with E-state index in [9.17, 15) is 9.59 Å². The topological polar surface area (TPSA) is 42.3 Å². The van der Waals surface area contributed by atoms with Crippen LogP contribution in [-0.4, -0.2) is 24.4 Å². The lowest BCUT2D eigenvalue weighted by atomic mass is 10.0. The summed E-state index contributed by atoms with van der Waals surface area (Å²) in [5.74, 6) is -0.0381. The van der Waals surface area contributed by atoms with Crippen LogP contribution >= 0.6 is 11.3 Å². The van der Waals surface area contributed by atoms with Gasteiger partial charge in [-0.2, -0.15) is 0 Å². The maximum atomic E-state index is 13.3. The van der Waals surface area contributed by atoms with Crippen molar-refractivity contribution in [2.45, 2.75) is 0 Å². The van der Waals surface area contributed by atoms with Gasteiger partial charge in [0.1, 0.15) is 9.83 Å². The Hall–Kier alpha value is -3.18. The number of hydrogen-bond donors (Lipinski definition) is 0. The first-order chi connectivity index (χ1) is 13.1. The fourth-order valence-electron chi connectivity index (χ4n) is 3.16. The fraction of sp³-hybridized carbons (Fsp3) is 0.0909. The van der Waals surface area contributed by atoms with Crippen LogP contribution in [0, 0.1) is 0 Å². The second-order valence-corrected chi connectivity index (χ2v) is 7.41. The van der Waals surface area contributed by atoms with Crippen molar-refractivity contribution in [2.24, 2.45) is 0 Å². The van der Waals surface area contributed by atoms with E-state index in [0.717, 1.165) is 20.9 Å². The summed E-state index contributed by atoms with van der Waals surface area (Å²) in [5, 5.41) is 1.63. The van der Waals surface area contributed by atoms with E-state index in [4.69, 9.17) is 0 Å². The maximum absolute atomic E-state index is 13.3. The molecule has 0 N–H and O–H groups in total. The molecule has 0 fully saturated rings. The third-order valence-corrected chi connectivity index (χ3v) is 5.77. The molecule has 2 aromatic carbocycles. The molecule has 0 aliphatic heterocycles. The number of pyridine rings is 1. The highest BCUT2D eigenvalue weighted by Crippen LogP contribution is 2.38.